The Labute approximate surface area is 93.4 Å². The van der Waals surface area contributed by atoms with Crippen LogP contribution in [-0.2, 0) is 4.74 Å². The summed E-state index contributed by atoms with van der Waals surface area (Å²) >= 11 is 6.01. The molecule has 0 bridgehead atoms. The van der Waals surface area contributed by atoms with E-state index in [-0.39, 0.29) is 0 Å². The van der Waals surface area contributed by atoms with Gasteiger partial charge in [-0.1, -0.05) is 17.7 Å². The van der Waals surface area contributed by atoms with Crippen LogP contribution >= 0.6 is 11.6 Å². The molecular weight excluding hydrogens is 214 g/mol. The lowest BCUT2D eigenvalue weighted by Gasteiger charge is -2.27. The van der Waals surface area contributed by atoms with Gasteiger partial charge in [0.15, 0.2) is 0 Å². The predicted molar refractivity (Wildman–Crippen MR) is 58.4 cm³/mol. The summed E-state index contributed by atoms with van der Waals surface area (Å²) in [7, 11) is 1.35. The second kappa shape index (κ2) is 4.21. The Morgan fingerprint density at radius 1 is 1.53 bits per heavy atom. The van der Waals surface area contributed by atoms with Gasteiger partial charge < -0.3 is 10.1 Å². The van der Waals surface area contributed by atoms with Gasteiger partial charge >= 0.3 is 5.97 Å². The number of ether oxygens (including phenoxy) is 1. The molecule has 1 aliphatic rings. The summed E-state index contributed by atoms with van der Waals surface area (Å²) in [6, 6.07) is 5.50. The number of nitrogens with one attached hydrogen (secondary N) is 1. The molecule has 3 nitrogen and oxygen atoms in total. The highest BCUT2D eigenvalue weighted by atomic mass is 35.5. The second-order valence-electron chi connectivity index (χ2n) is 3.59. The maximum Gasteiger partial charge on any atom is 0.339 e. The molecule has 1 heterocycles. The van der Waals surface area contributed by atoms with Crippen molar-refractivity contribution in [3.63, 3.8) is 0 Å². The summed E-state index contributed by atoms with van der Waals surface area (Å²) in [5.41, 5.74) is 1.60. The molecule has 1 aliphatic heterocycles. The molecule has 1 N–H and O–H groups in total. The van der Waals surface area contributed by atoms with Crippen molar-refractivity contribution < 1.29 is 9.53 Å². The van der Waals surface area contributed by atoms with Gasteiger partial charge in [-0.3, -0.25) is 0 Å². The molecule has 1 aromatic carbocycles. The van der Waals surface area contributed by atoms with Gasteiger partial charge in [0.25, 0.3) is 0 Å². The highest BCUT2D eigenvalue weighted by molar-refractivity contribution is 6.33. The first-order valence-corrected chi connectivity index (χ1v) is 5.18. The van der Waals surface area contributed by atoms with Crippen molar-refractivity contribution in [2.75, 3.05) is 20.2 Å². The molecule has 0 unspecified atom stereocenters. The molecule has 1 fully saturated rings. The van der Waals surface area contributed by atoms with Gasteiger partial charge in [-0.25, -0.2) is 4.79 Å². The number of halogens is 1. The molecule has 80 valence electrons. The Morgan fingerprint density at radius 3 is 2.73 bits per heavy atom. The molecule has 0 aliphatic carbocycles. The highest BCUT2D eigenvalue weighted by Crippen LogP contribution is 2.25. The van der Waals surface area contributed by atoms with E-state index >= 15 is 0 Å². The van der Waals surface area contributed by atoms with Crippen LogP contribution < -0.4 is 5.32 Å². The summed E-state index contributed by atoms with van der Waals surface area (Å²) in [6.45, 7) is 1.96. The minimum atomic E-state index is -0.390. The van der Waals surface area contributed by atoms with E-state index in [2.05, 4.69) is 10.1 Å². The van der Waals surface area contributed by atoms with Gasteiger partial charge in [0, 0.05) is 19.0 Å². The van der Waals surface area contributed by atoms with Gasteiger partial charge in [0.1, 0.15) is 0 Å². The zero-order chi connectivity index (χ0) is 10.8. The van der Waals surface area contributed by atoms with E-state index in [0.29, 0.717) is 16.5 Å². The van der Waals surface area contributed by atoms with Crippen LogP contribution in [-0.4, -0.2) is 26.2 Å². The average molecular weight is 226 g/mol. The maximum atomic E-state index is 11.3. The fraction of sp³-hybridized carbons (Fsp3) is 0.364. The summed E-state index contributed by atoms with van der Waals surface area (Å²) in [4.78, 5) is 11.3. The molecule has 2 rings (SSSR count). The summed E-state index contributed by atoms with van der Waals surface area (Å²) in [5.74, 6) is 0.132. The quantitative estimate of drug-likeness (QED) is 0.781. The molecule has 0 spiro atoms. The number of rotatable bonds is 2. The van der Waals surface area contributed by atoms with Crippen molar-refractivity contribution in [2.45, 2.75) is 5.92 Å². The van der Waals surface area contributed by atoms with Crippen LogP contribution in [0.4, 0.5) is 0 Å². The molecule has 1 aromatic rings. The zero-order valence-electron chi connectivity index (χ0n) is 8.42. The van der Waals surface area contributed by atoms with Crippen molar-refractivity contribution in [1.82, 2.24) is 5.32 Å². The summed E-state index contributed by atoms with van der Waals surface area (Å²) in [6.07, 6.45) is 0. The molecule has 15 heavy (non-hydrogen) atoms. The van der Waals surface area contributed by atoms with Crippen LogP contribution in [0, 0.1) is 0 Å². The van der Waals surface area contributed by atoms with Crippen LogP contribution in [0.3, 0.4) is 0 Å². The average Bonchev–Trinajstić information content (AvgIpc) is 2.14. The van der Waals surface area contributed by atoms with E-state index in [1.54, 1.807) is 6.07 Å². The third-order valence-corrected chi connectivity index (χ3v) is 2.96. The number of benzene rings is 1. The predicted octanol–water partition coefficient (Wildman–Crippen LogP) is 1.81. The number of methoxy groups -OCH3 is 1. The van der Waals surface area contributed by atoms with Crippen molar-refractivity contribution >= 4 is 17.6 Å². The molecule has 0 radical (unpaired) electrons. The minimum absolute atomic E-state index is 0.390. The standard InChI is InChI=1S/C11H12ClNO2/c1-15-11(14)9-3-2-7(4-10(9)12)8-5-13-6-8/h2-4,8,13H,5-6H2,1H3. The van der Waals surface area contributed by atoms with Gasteiger partial charge in [-0.15, -0.1) is 0 Å². The first-order chi connectivity index (χ1) is 7.22. The Balaban J connectivity index is 2.25. The molecule has 0 aromatic heterocycles. The van der Waals surface area contributed by atoms with Crippen molar-refractivity contribution in [3.8, 4) is 0 Å². The van der Waals surface area contributed by atoms with Gasteiger partial charge in [-0.2, -0.15) is 0 Å². The van der Waals surface area contributed by atoms with Gasteiger partial charge in [-0.05, 0) is 17.7 Å². The third kappa shape index (κ3) is 1.98. The van der Waals surface area contributed by atoms with Crippen molar-refractivity contribution in [1.29, 1.82) is 0 Å². The molecule has 0 amide bonds. The van der Waals surface area contributed by atoms with E-state index in [0.717, 1.165) is 13.1 Å². The molecule has 1 saturated heterocycles. The number of hydrogen-bond donors (Lipinski definition) is 1. The Kier molecular flexibility index (Phi) is 2.93. The minimum Gasteiger partial charge on any atom is -0.465 e. The molecular formula is C11H12ClNO2. The number of esters is 1. The number of carbonyl (C=O) groups excluding carboxylic acids is 1. The van der Waals surface area contributed by atoms with E-state index in [1.165, 1.54) is 12.7 Å². The van der Waals surface area contributed by atoms with E-state index < -0.39 is 5.97 Å². The molecule has 0 atom stereocenters. The SMILES string of the molecule is COC(=O)c1ccc(C2CNC2)cc1Cl. The topological polar surface area (TPSA) is 38.3 Å². The highest BCUT2D eigenvalue weighted by Gasteiger charge is 2.20. The Morgan fingerprint density at radius 2 is 2.27 bits per heavy atom. The smallest absolute Gasteiger partial charge is 0.339 e. The van der Waals surface area contributed by atoms with Crippen LogP contribution in [0.1, 0.15) is 21.8 Å². The number of carbonyl (C=O) groups is 1. The fourth-order valence-corrected chi connectivity index (χ4v) is 1.85. The zero-order valence-corrected chi connectivity index (χ0v) is 9.17. The van der Waals surface area contributed by atoms with Crippen LogP contribution in [0.5, 0.6) is 0 Å². The maximum absolute atomic E-state index is 11.3. The van der Waals surface area contributed by atoms with Crippen LogP contribution in [0.25, 0.3) is 0 Å². The van der Waals surface area contributed by atoms with E-state index in [9.17, 15) is 4.79 Å². The lowest BCUT2D eigenvalue weighted by atomic mass is 9.93. The molecule has 0 saturated carbocycles. The summed E-state index contributed by atoms with van der Waals surface area (Å²) < 4.78 is 4.62. The lowest BCUT2D eigenvalue weighted by molar-refractivity contribution is 0.0601. The second-order valence-corrected chi connectivity index (χ2v) is 3.99. The number of hydrogen-bond acceptors (Lipinski definition) is 3. The normalized spacial score (nSPS) is 15.9. The van der Waals surface area contributed by atoms with E-state index in [4.69, 9.17) is 11.6 Å². The van der Waals surface area contributed by atoms with Crippen molar-refractivity contribution in [3.05, 3.63) is 34.3 Å². The monoisotopic (exact) mass is 225 g/mol. The largest absolute Gasteiger partial charge is 0.465 e. The Hall–Kier alpha value is -1.06. The van der Waals surface area contributed by atoms with Crippen LogP contribution in [0.2, 0.25) is 5.02 Å². The molecule has 4 heteroatoms. The Bertz CT molecular complexity index is 388. The first kappa shape index (κ1) is 10.5. The van der Waals surface area contributed by atoms with Gasteiger partial charge in [0.2, 0.25) is 0 Å². The fourth-order valence-electron chi connectivity index (χ4n) is 1.59. The van der Waals surface area contributed by atoms with E-state index in [1.807, 2.05) is 12.1 Å². The van der Waals surface area contributed by atoms with Crippen molar-refractivity contribution in [2.24, 2.45) is 0 Å². The lowest BCUT2D eigenvalue weighted by Crippen LogP contribution is -2.39. The van der Waals surface area contributed by atoms with Gasteiger partial charge in [0.05, 0.1) is 17.7 Å². The van der Waals surface area contributed by atoms with Crippen LogP contribution in [0.15, 0.2) is 18.2 Å². The third-order valence-electron chi connectivity index (χ3n) is 2.65. The first-order valence-electron chi connectivity index (χ1n) is 4.81. The summed E-state index contributed by atoms with van der Waals surface area (Å²) in [5, 5.41) is 3.66.